The molecule has 5 nitrogen and oxygen atoms in total. The summed E-state index contributed by atoms with van der Waals surface area (Å²) in [7, 11) is 0. The van der Waals surface area contributed by atoms with E-state index < -0.39 is 0 Å². The largest absolute Gasteiger partial charge is 0.349 e. The molecular weight excluding hydrogens is 424 g/mol. The number of thioether (sulfide) groups is 1. The zero-order valence-electron chi connectivity index (χ0n) is 15.2. The van der Waals surface area contributed by atoms with E-state index in [1.54, 1.807) is 0 Å². The molecule has 27 heavy (non-hydrogen) atoms. The number of hydrogen-bond acceptors (Lipinski definition) is 4. The zero-order valence-corrected chi connectivity index (χ0v) is 17.6. The van der Waals surface area contributed by atoms with Gasteiger partial charge in [0.05, 0.1) is 11.8 Å². The second kappa shape index (κ2) is 9.19. The van der Waals surface area contributed by atoms with Gasteiger partial charge in [-0.25, -0.2) is 0 Å². The highest BCUT2D eigenvalue weighted by Crippen LogP contribution is 2.24. The second-order valence-corrected chi connectivity index (χ2v) is 7.90. The van der Waals surface area contributed by atoms with E-state index in [1.807, 2.05) is 66.1 Å². The van der Waals surface area contributed by atoms with Gasteiger partial charge in [-0.2, -0.15) is 0 Å². The number of aromatic nitrogens is 3. The molecule has 0 fully saturated rings. The van der Waals surface area contributed by atoms with Crippen molar-refractivity contribution in [3.63, 3.8) is 0 Å². The van der Waals surface area contributed by atoms with Gasteiger partial charge in [-0.05, 0) is 31.5 Å². The Kier molecular flexibility index (Phi) is 6.68. The van der Waals surface area contributed by atoms with Crippen molar-refractivity contribution in [2.45, 2.75) is 31.6 Å². The van der Waals surface area contributed by atoms with Crippen LogP contribution in [0.2, 0.25) is 0 Å². The van der Waals surface area contributed by atoms with Crippen LogP contribution in [0.25, 0.3) is 11.4 Å². The fourth-order valence-corrected chi connectivity index (χ4v) is 3.81. The van der Waals surface area contributed by atoms with Crippen LogP contribution in [-0.2, 0) is 11.3 Å². The summed E-state index contributed by atoms with van der Waals surface area (Å²) in [5.41, 5.74) is 2.09. The maximum absolute atomic E-state index is 12.3. The normalized spacial score (nSPS) is 12.0. The van der Waals surface area contributed by atoms with Gasteiger partial charge in [0.25, 0.3) is 0 Å². The number of carbonyl (C=O) groups is 1. The Morgan fingerprint density at radius 2 is 1.85 bits per heavy atom. The Labute approximate surface area is 171 Å². The Bertz CT molecular complexity index is 896. The van der Waals surface area contributed by atoms with Crippen molar-refractivity contribution in [2.24, 2.45) is 0 Å². The lowest BCUT2D eigenvalue weighted by Crippen LogP contribution is -2.28. The summed E-state index contributed by atoms with van der Waals surface area (Å²) in [6.45, 7) is 4.78. The summed E-state index contributed by atoms with van der Waals surface area (Å²) >= 11 is 4.83. The van der Waals surface area contributed by atoms with Crippen LogP contribution in [0.15, 0.2) is 64.2 Å². The van der Waals surface area contributed by atoms with E-state index in [-0.39, 0.29) is 11.9 Å². The van der Waals surface area contributed by atoms with Gasteiger partial charge >= 0.3 is 0 Å². The van der Waals surface area contributed by atoms with E-state index in [0.717, 1.165) is 33.1 Å². The quantitative estimate of drug-likeness (QED) is 0.536. The van der Waals surface area contributed by atoms with Gasteiger partial charge < -0.3 is 9.88 Å². The molecule has 0 aliphatic rings. The number of carbonyl (C=O) groups excluding carboxylic acids is 1. The first-order chi connectivity index (χ1) is 13.1. The van der Waals surface area contributed by atoms with Crippen molar-refractivity contribution in [3.8, 4) is 11.4 Å². The third-order valence-electron chi connectivity index (χ3n) is 4.14. The SMILES string of the molecule is CCn1c(SCC(=O)NC(C)c2ccc(Br)cc2)nnc1-c1ccccc1. The number of nitrogens with one attached hydrogen (secondary N) is 1. The minimum absolute atomic E-state index is 0.0256. The molecule has 0 spiro atoms. The summed E-state index contributed by atoms with van der Waals surface area (Å²) in [6, 6.07) is 17.9. The smallest absolute Gasteiger partial charge is 0.230 e. The van der Waals surface area contributed by atoms with E-state index in [1.165, 1.54) is 11.8 Å². The highest BCUT2D eigenvalue weighted by molar-refractivity contribution is 9.10. The fourth-order valence-electron chi connectivity index (χ4n) is 2.73. The van der Waals surface area contributed by atoms with E-state index in [9.17, 15) is 4.79 Å². The Balaban J connectivity index is 1.62. The Hall–Kier alpha value is -2.12. The van der Waals surface area contributed by atoms with Gasteiger partial charge in [-0.1, -0.05) is 70.2 Å². The predicted octanol–water partition coefficient (Wildman–Crippen LogP) is 4.70. The van der Waals surface area contributed by atoms with E-state index >= 15 is 0 Å². The molecule has 1 atom stereocenters. The molecular formula is C20H21BrN4OS. The first-order valence-corrected chi connectivity index (χ1v) is 10.5. The highest BCUT2D eigenvalue weighted by atomic mass is 79.9. The number of hydrogen-bond donors (Lipinski definition) is 1. The lowest BCUT2D eigenvalue weighted by atomic mass is 10.1. The molecule has 1 amide bonds. The number of nitrogens with zero attached hydrogens (tertiary/aromatic N) is 3. The van der Waals surface area contributed by atoms with Crippen LogP contribution in [0.3, 0.4) is 0 Å². The average Bonchev–Trinajstić information content (AvgIpc) is 3.10. The third kappa shape index (κ3) is 4.99. The van der Waals surface area contributed by atoms with Gasteiger partial charge in [0.2, 0.25) is 5.91 Å². The van der Waals surface area contributed by atoms with Gasteiger partial charge in [0.15, 0.2) is 11.0 Å². The molecule has 3 aromatic rings. The molecule has 3 rings (SSSR count). The third-order valence-corrected chi connectivity index (χ3v) is 5.64. The molecule has 0 saturated heterocycles. The molecule has 0 bridgehead atoms. The molecule has 0 saturated carbocycles. The van der Waals surface area contributed by atoms with Gasteiger partial charge in [0, 0.05) is 16.6 Å². The summed E-state index contributed by atoms with van der Waals surface area (Å²) in [5.74, 6) is 1.10. The number of amides is 1. The maximum atomic E-state index is 12.3. The second-order valence-electron chi connectivity index (χ2n) is 6.05. The number of benzene rings is 2. The van der Waals surface area contributed by atoms with Crippen LogP contribution in [0.1, 0.15) is 25.5 Å². The number of rotatable bonds is 7. The summed E-state index contributed by atoms with van der Waals surface area (Å²) in [4.78, 5) is 12.3. The average molecular weight is 445 g/mol. The molecule has 1 N–H and O–H groups in total. The predicted molar refractivity (Wildman–Crippen MR) is 113 cm³/mol. The maximum Gasteiger partial charge on any atom is 0.230 e. The van der Waals surface area contributed by atoms with Crippen molar-refractivity contribution in [3.05, 3.63) is 64.6 Å². The standard InChI is InChI=1S/C20H21BrN4OS/c1-3-25-19(16-7-5-4-6-8-16)23-24-20(25)27-13-18(26)22-14(2)15-9-11-17(21)12-10-15/h4-12,14H,3,13H2,1-2H3,(H,22,26). The van der Waals surface area contributed by atoms with Crippen molar-refractivity contribution < 1.29 is 4.79 Å². The van der Waals surface area contributed by atoms with E-state index in [2.05, 4.69) is 38.4 Å². The first-order valence-electron chi connectivity index (χ1n) is 8.74. The van der Waals surface area contributed by atoms with Crippen molar-refractivity contribution in [2.75, 3.05) is 5.75 Å². The molecule has 140 valence electrons. The minimum atomic E-state index is -0.0462. The molecule has 2 aromatic carbocycles. The molecule has 1 unspecified atom stereocenters. The van der Waals surface area contributed by atoms with Crippen molar-refractivity contribution in [1.29, 1.82) is 0 Å². The summed E-state index contributed by atoms with van der Waals surface area (Å²) in [6.07, 6.45) is 0. The van der Waals surface area contributed by atoms with Crippen LogP contribution < -0.4 is 5.32 Å². The molecule has 1 heterocycles. The van der Waals surface area contributed by atoms with Crippen LogP contribution in [0, 0.1) is 0 Å². The monoisotopic (exact) mass is 444 g/mol. The van der Waals surface area contributed by atoms with Gasteiger partial charge in [-0.15, -0.1) is 10.2 Å². The van der Waals surface area contributed by atoms with E-state index in [0.29, 0.717) is 5.75 Å². The lowest BCUT2D eigenvalue weighted by molar-refractivity contribution is -0.119. The van der Waals surface area contributed by atoms with Crippen LogP contribution in [0.5, 0.6) is 0 Å². The topological polar surface area (TPSA) is 59.8 Å². The summed E-state index contributed by atoms with van der Waals surface area (Å²) < 4.78 is 3.05. The molecule has 0 radical (unpaired) electrons. The van der Waals surface area contributed by atoms with Crippen molar-refractivity contribution >= 4 is 33.6 Å². The lowest BCUT2D eigenvalue weighted by Gasteiger charge is -2.14. The molecule has 7 heteroatoms. The van der Waals surface area contributed by atoms with Crippen LogP contribution in [-0.4, -0.2) is 26.4 Å². The number of halogens is 1. The zero-order chi connectivity index (χ0) is 19.2. The molecule has 1 aromatic heterocycles. The summed E-state index contributed by atoms with van der Waals surface area (Å²) in [5, 5.41) is 12.4. The van der Waals surface area contributed by atoms with Crippen molar-refractivity contribution in [1.82, 2.24) is 20.1 Å². The minimum Gasteiger partial charge on any atom is -0.349 e. The highest BCUT2D eigenvalue weighted by Gasteiger charge is 2.15. The molecule has 0 aliphatic carbocycles. The van der Waals surface area contributed by atoms with Gasteiger partial charge in [-0.3, -0.25) is 4.79 Å². The van der Waals surface area contributed by atoms with Crippen LogP contribution in [0.4, 0.5) is 0 Å². The fraction of sp³-hybridized carbons (Fsp3) is 0.250. The Morgan fingerprint density at radius 1 is 1.15 bits per heavy atom. The first kappa shape index (κ1) is 19.6. The van der Waals surface area contributed by atoms with E-state index in [4.69, 9.17) is 0 Å². The van der Waals surface area contributed by atoms with Crippen LogP contribution >= 0.6 is 27.7 Å². The molecule has 0 aliphatic heterocycles. The van der Waals surface area contributed by atoms with Gasteiger partial charge in [0.1, 0.15) is 0 Å². The Morgan fingerprint density at radius 3 is 2.52 bits per heavy atom.